The highest BCUT2D eigenvalue weighted by molar-refractivity contribution is 4.48. The summed E-state index contributed by atoms with van der Waals surface area (Å²) in [5, 5.41) is 0. The Morgan fingerprint density at radius 3 is 2.33 bits per heavy atom. The molecule has 0 aromatic carbocycles. The topological polar surface area (TPSA) is 21.7 Å². The molecule has 0 aliphatic rings. The molecule has 0 saturated carbocycles. The third-order valence-electron chi connectivity index (χ3n) is 1.64. The second-order valence-corrected chi connectivity index (χ2v) is 2.91. The quantitative estimate of drug-likeness (QED) is 0.514. The number of ether oxygens (including phenoxy) is 2. The minimum absolute atomic E-state index is 0.796. The molecule has 0 spiro atoms. The van der Waals surface area contributed by atoms with E-state index < -0.39 is 0 Å². The van der Waals surface area contributed by atoms with Gasteiger partial charge in [0, 0.05) is 26.8 Å². The first-order valence-electron chi connectivity index (χ1n) is 4.56. The molecule has 12 heavy (non-hydrogen) atoms. The Kier molecular flexibility index (Phi) is 8.88. The lowest BCUT2D eigenvalue weighted by atomic mass is 10.5. The molecule has 0 aliphatic heterocycles. The van der Waals surface area contributed by atoms with Gasteiger partial charge in [0.05, 0.1) is 13.2 Å². The van der Waals surface area contributed by atoms with Crippen LogP contribution in [0.2, 0.25) is 0 Å². The van der Waals surface area contributed by atoms with E-state index in [-0.39, 0.29) is 0 Å². The van der Waals surface area contributed by atoms with E-state index >= 15 is 0 Å². The van der Waals surface area contributed by atoms with Gasteiger partial charge in [-0.3, -0.25) is 0 Å². The van der Waals surface area contributed by atoms with Gasteiger partial charge in [0.1, 0.15) is 0 Å². The molecule has 3 nitrogen and oxygen atoms in total. The Bertz CT molecular complexity index is 88.6. The molecule has 0 fully saturated rings. The van der Waals surface area contributed by atoms with Crippen molar-refractivity contribution >= 4 is 0 Å². The second kappa shape index (κ2) is 8.97. The standard InChI is InChI=1S/C9H21NO2/c1-4-7-12-9-6-10(2)5-8-11-3/h4-9H2,1-3H3. The van der Waals surface area contributed by atoms with E-state index in [1.165, 1.54) is 0 Å². The first-order valence-corrected chi connectivity index (χ1v) is 4.56. The first-order chi connectivity index (χ1) is 5.81. The molecule has 3 heteroatoms. The second-order valence-electron chi connectivity index (χ2n) is 2.91. The molecule has 0 N–H and O–H groups in total. The summed E-state index contributed by atoms with van der Waals surface area (Å²) < 4.78 is 10.3. The van der Waals surface area contributed by atoms with Gasteiger partial charge in [-0.2, -0.15) is 0 Å². The van der Waals surface area contributed by atoms with Gasteiger partial charge in [0.15, 0.2) is 0 Å². The van der Waals surface area contributed by atoms with Gasteiger partial charge in [-0.15, -0.1) is 0 Å². The van der Waals surface area contributed by atoms with Crippen LogP contribution in [-0.2, 0) is 9.47 Å². The van der Waals surface area contributed by atoms with Crippen molar-refractivity contribution in [2.75, 3.05) is 47.1 Å². The summed E-state index contributed by atoms with van der Waals surface area (Å²) in [7, 11) is 3.80. The molecule has 0 aromatic rings. The summed E-state index contributed by atoms with van der Waals surface area (Å²) in [5.74, 6) is 0. The third kappa shape index (κ3) is 7.98. The molecule has 0 heterocycles. The van der Waals surface area contributed by atoms with Gasteiger partial charge >= 0.3 is 0 Å². The highest BCUT2D eigenvalue weighted by atomic mass is 16.5. The van der Waals surface area contributed by atoms with Gasteiger partial charge in [-0.1, -0.05) is 6.92 Å². The van der Waals surface area contributed by atoms with Crippen molar-refractivity contribution in [3.05, 3.63) is 0 Å². The molecular weight excluding hydrogens is 154 g/mol. The summed E-state index contributed by atoms with van der Waals surface area (Å²) in [4.78, 5) is 2.21. The maximum Gasteiger partial charge on any atom is 0.0593 e. The van der Waals surface area contributed by atoms with Crippen molar-refractivity contribution in [3.8, 4) is 0 Å². The van der Waals surface area contributed by atoms with E-state index in [0.717, 1.165) is 39.3 Å². The number of rotatable bonds is 8. The number of hydrogen-bond acceptors (Lipinski definition) is 3. The van der Waals surface area contributed by atoms with Crippen LogP contribution in [0, 0.1) is 0 Å². The van der Waals surface area contributed by atoms with Gasteiger partial charge in [0.25, 0.3) is 0 Å². The Morgan fingerprint density at radius 2 is 1.75 bits per heavy atom. The van der Waals surface area contributed by atoms with E-state index in [1.54, 1.807) is 7.11 Å². The SMILES string of the molecule is CCCOCCN(C)CCOC. The Morgan fingerprint density at radius 1 is 1.08 bits per heavy atom. The van der Waals surface area contributed by atoms with Crippen LogP contribution in [0.1, 0.15) is 13.3 Å². The molecule has 0 amide bonds. The largest absolute Gasteiger partial charge is 0.383 e. The average Bonchev–Trinajstić information content (AvgIpc) is 2.09. The average molecular weight is 175 g/mol. The number of hydrogen-bond donors (Lipinski definition) is 0. The van der Waals surface area contributed by atoms with E-state index in [0.29, 0.717) is 0 Å². The van der Waals surface area contributed by atoms with E-state index in [9.17, 15) is 0 Å². The Hall–Kier alpha value is -0.120. The monoisotopic (exact) mass is 175 g/mol. The van der Waals surface area contributed by atoms with Gasteiger partial charge in [-0.25, -0.2) is 0 Å². The van der Waals surface area contributed by atoms with Crippen LogP contribution in [-0.4, -0.2) is 52.0 Å². The molecular formula is C9H21NO2. The van der Waals surface area contributed by atoms with Crippen LogP contribution >= 0.6 is 0 Å². The van der Waals surface area contributed by atoms with Crippen molar-refractivity contribution in [1.29, 1.82) is 0 Å². The predicted octanol–water partition coefficient (Wildman–Crippen LogP) is 0.991. The van der Waals surface area contributed by atoms with Crippen LogP contribution in [0.5, 0.6) is 0 Å². The van der Waals surface area contributed by atoms with Crippen LogP contribution in [0.15, 0.2) is 0 Å². The minimum atomic E-state index is 0.796. The van der Waals surface area contributed by atoms with Crippen LogP contribution in [0.25, 0.3) is 0 Å². The first kappa shape index (κ1) is 11.9. The van der Waals surface area contributed by atoms with E-state index in [4.69, 9.17) is 9.47 Å². The van der Waals surface area contributed by atoms with Crippen molar-refractivity contribution in [1.82, 2.24) is 4.90 Å². The predicted molar refractivity (Wildman–Crippen MR) is 50.5 cm³/mol. The minimum Gasteiger partial charge on any atom is -0.383 e. The molecule has 0 aliphatic carbocycles. The zero-order valence-electron chi connectivity index (χ0n) is 8.51. The zero-order chi connectivity index (χ0) is 9.23. The number of nitrogens with zero attached hydrogens (tertiary/aromatic N) is 1. The number of methoxy groups -OCH3 is 1. The smallest absolute Gasteiger partial charge is 0.0593 e. The van der Waals surface area contributed by atoms with Crippen LogP contribution in [0.4, 0.5) is 0 Å². The molecule has 0 aromatic heterocycles. The highest BCUT2D eigenvalue weighted by Crippen LogP contribution is 1.85. The fraction of sp³-hybridized carbons (Fsp3) is 1.00. The summed E-state index contributed by atoms with van der Waals surface area (Å²) in [6.45, 7) is 6.58. The molecule has 74 valence electrons. The van der Waals surface area contributed by atoms with Crippen molar-refractivity contribution in [2.24, 2.45) is 0 Å². The van der Waals surface area contributed by atoms with Crippen molar-refractivity contribution < 1.29 is 9.47 Å². The maximum absolute atomic E-state index is 5.35. The highest BCUT2D eigenvalue weighted by Gasteiger charge is 1.96. The summed E-state index contributed by atoms with van der Waals surface area (Å²) in [6, 6.07) is 0. The molecule has 0 radical (unpaired) electrons. The van der Waals surface area contributed by atoms with E-state index in [2.05, 4.69) is 18.9 Å². The van der Waals surface area contributed by atoms with Gasteiger partial charge in [0.2, 0.25) is 0 Å². The molecule has 0 atom stereocenters. The normalized spacial score (nSPS) is 11.0. The third-order valence-corrected chi connectivity index (χ3v) is 1.64. The fourth-order valence-corrected chi connectivity index (χ4v) is 0.826. The lowest BCUT2D eigenvalue weighted by Gasteiger charge is -2.15. The fourth-order valence-electron chi connectivity index (χ4n) is 0.826. The van der Waals surface area contributed by atoms with E-state index in [1.807, 2.05) is 0 Å². The Balaban J connectivity index is 3.02. The lowest BCUT2D eigenvalue weighted by molar-refractivity contribution is 0.0988. The lowest BCUT2D eigenvalue weighted by Crippen LogP contribution is -2.26. The summed E-state index contributed by atoms with van der Waals surface area (Å²) >= 11 is 0. The summed E-state index contributed by atoms with van der Waals surface area (Å²) in [6.07, 6.45) is 1.10. The maximum atomic E-state index is 5.35. The van der Waals surface area contributed by atoms with Crippen molar-refractivity contribution in [2.45, 2.75) is 13.3 Å². The van der Waals surface area contributed by atoms with Crippen molar-refractivity contribution in [3.63, 3.8) is 0 Å². The van der Waals surface area contributed by atoms with Gasteiger partial charge < -0.3 is 14.4 Å². The molecule has 0 saturated heterocycles. The Labute approximate surface area is 75.6 Å². The number of likely N-dealkylation sites (N-methyl/N-ethyl adjacent to an activating group) is 1. The summed E-state index contributed by atoms with van der Waals surface area (Å²) in [5.41, 5.74) is 0. The molecule has 0 rings (SSSR count). The molecule has 0 bridgehead atoms. The van der Waals surface area contributed by atoms with Crippen LogP contribution < -0.4 is 0 Å². The van der Waals surface area contributed by atoms with Crippen LogP contribution in [0.3, 0.4) is 0 Å². The zero-order valence-corrected chi connectivity index (χ0v) is 8.51. The van der Waals surface area contributed by atoms with Gasteiger partial charge in [-0.05, 0) is 13.5 Å². The molecule has 0 unspecified atom stereocenters.